The number of para-hydroxylation sites is 1. The molecule has 0 aliphatic heterocycles. The van der Waals surface area contributed by atoms with E-state index < -0.39 is 33.5 Å². The average molecular weight is 281 g/mol. The summed E-state index contributed by atoms with van der Waals surface area (Å²) < 4.78 is 65.5. The van der Waals surface area contributed by atoms with Gasteiger partial charge in [-0.15, -0.1) is 0 Å². The lowest BCUT2D eigenvalue weighted by atomic mass is 10.3. The van der Waals surface area contributed by atoms with Gasteiger partial charge < -0.3 is 4.74 Å². The molecular formula is C9H6F3NO4S. The van der Waals surface area contributed by atoms with Gasteiger partial charge in [0.2, 0.25) is 0 Å². The standard InChI is InChI=1S/C9H6F3NO4S/c10-9(11,12)5-17-7-3-1-2-4-8(7)18(15,16)13-6-14/h1-4H,5H2. The number of hydrogen-bond donors (Lipinski definition) is 0. The molecule has 1 aromatic rings. The van der Waals surface area contributed by atoms with Gasteiger partial charge in [-0.2, -0.15) is 21.6 Å². The van der Waals surface area contributed by atoms with Crippen molar-refractivity contribution in [2.45, 2.75) is 11.1 Å². The third-order valence-corrected chi connectivity index (χ3v) is 2.88. The molecule has 0 bridgehead atoms. The highest BCUT2D eigenvalue weighted by atomic mass is 32.2. The van der Waals surface area contributed by atoms with Crippen LogP contribution >= 0.6 is 0 Å². The Morgan fingerprint density at radius 1 is 1.28 bits per heavy atom. The lowest BCUT2D eigenvalue weighted by Gasteiger charge is -2.11. The molecular weight excluding hydrogens is 275 g/mol. The van der Waals surface area contributed by atoms with Crippen molar-refractivity contribution in [1.82, 2.24) is 0 Å². The summed E-state index contributed by atoms with van der Waals surface area (Å²) in [5, 5.41) is 0. The summed E-state index contributed by atoms with van der Waals surface area (Å²) in [5.41, 5.74) is 0. The Morgan fingerprint density at radius 2 is 1.89 bits per heavy atom. The molecule has 98 valence electrons. The summed E-state index contributed by atoms with van der Waals surface area (Å²) in [6.45, 7) is -1.65. The fourth-order valence-electron chi connectivity index (χ4n) is 1.04. The van der Waals surface area contributed by atoms with E-state index in [1.165, 1.54) is 12.1 Å². The number of sulfonamides is 1. The fraction of sp³-hybridized carbons (Fsp3) is 0.222. The van der Waals surface area contributed by atoms with Gasteiger partial charge >= 0.3 is 6.18 Å². The SMILES string of the molecule is O=C=NS(=O)(=O)c1ccccc1OCC(F)(F)F. The Kier molecular flexibility index (Phi) is 4.10. The topological polar surface area (TPSA) is 72.8 Å². The molecule has 0 aliphatic rings. The number of isocyanates is 1. The minimum absolute atomic E-state index is 0.533. The fourth-order valence-corrected chi connectivity index (χ4v) is 1.87. The van der Waals surface area contributed by atoms with Gasteiger partial charge in [-0.05, 0) is 12.1 Å². The zero-order chi connectivity index (χ0) is 13.8. The van der Waals surface area contributed by atoms with Crippen LogP contribution in [0.4, 0.5) is 13.2 Å². The summed E-state index contributed by atoms with van der Waals surface area (Å²) in [6, 6.07) is 4.55. The minimum atomic E-state index is -4.61. The van der Waals surface area contributed by atoms with Gasteiger partial charge in [-0.3, -0.25) is 0 Å². The molecule has 0 heterocycles. The van der Waals surface area contributed by atoms with E-state index in [2.05, 4.69) is 9.13 Å². The first-order valence-corrected chi connectivity index (χ1v) is 5.83. The van der Waals surface area contributed by atoms with E-state index in [9.17, 15) is 26.4 Å². The van der Waals surface area contributed by atoms with Gasteiger partial charge in [-0.25, -0.2) is 4.79 Å². The first-order valence-electron chi connectivity index (χ1n) is 4.39. The van der Waals surface area contributed by atoms with Crippen molar-refractivity contribution >= 4 is 16.1 Å². The predicted octanol–water partition coefficient (Wildman–Crippen LogP) is 1.65. The third kappa shape index (κ3) is 3.86. The lowest BCUT2D eigenvalue weighted by Crippen LogP contribution is -2.20. The molecule has 0 amide bonds. The van der Waals surface area contributed by atoms with Crippen LogP contribution in [0.5, 0.6) is 5.75 Å². The van der Waals surface area contributed by atoms with Gasteiger partial charge in [0.15, 0.2) is 6.61 Å². The van der Waals surface area contributed by atoms with Crippen LogP contribution in [-0.2, 0) is 14.8 Å². The molecule has 18 heavy (non-hydrogen) atoms. The smallest absolute Gasteiger partial charge is 0.422 e. The highest BCUT2D eigenvalue weighted by Crippen LogP contribution is 2.26. The molecule has 0 saturated carbocycles. The zero-order valence-electron chi connectivity index (χ0n) is 8.64. The van der Waals surface area contributed by atoms with Crippen molar-refractivity contribution in [2.24, 2.45) is 4.40 Å². The Bertz CT molecular complexity index is 576. The number of ether oxygens (including phenoxy) is 1. The third-order valence-electron chi connectivity index (χ3n) is 1.68. The summed E-state index contributed by atoms with van der Waals surface area (Å²) in [5.74, 6) is -0.533. The van der Waals surface area contributed by atoms with Gasteiger partial charge in [0.1, 0.15) is 10.6 Å². The van der Waals surface area contributed by atoms with Crippen LogP contribution in [0.3, 0.4) is 0 Å². The number of halogens is 3. The number of alkyl halides is 3. The number of carbonyl (C=O) groups excluding carboxylic acids is 1. The van der Waals surface area contributed by atoms with Crippen LogP contribution in [-0.4, -0.2) is 27.3 Å². The summed E-state index contributed by atoms with van der Waals surface area (Å²) in [6.07, 6.45) is -3.79. The van der Waals surface area contributed by atoms with Crippen molar-refractivity contribution < 1.29 is 31.1 Å². The Morgan fingerprint density at radius 3 is 2.44 bits per heavy atom. The zero-order valence-corrected chi connectivity index (χ0v) is 9.46. The maximum atomic E-state index is 12.0. The van der Waals surface area contributed by atoms with E-state index in [1.807, 2.05) is 0 Å². The largest absolute Gasteiger partial charge is 0.483 e. The number of nitrogens with zero attached hydrogens (tertiary/aromatic N) is 1. The van der Waals surface area contributed by atoms with Gasteiger partial charge in [0, 0.05) is 0 Å². The molecule has 0 spiro atoms. The molecule has 0 N–H and O–H groups in total. The van der Waals surface area contributed by atoms with E-state index in [4.69, 9.17) is 0 Å². The lowest BCUT2D eigenvalue weighted by molar-refractivity contribution is -0.153. The van der Waals surface area contributed by atoms with Crippen LogP contribution in [0.2, 0.25) is 0 Å². The summed E-state index contributed by atoms with van der Waals surface area (Å²) in [4.78, 5) is 9.30. The van der Waals surface area contributed by atoms with Crippen molar-refractivity contribution in [1.29, 1.82) is 0 Å². The van der Waals surface area contributed by atoms with E-state index >= 15 is 0 Å². The minimum Gasteiger partial charge on any atom is -0.483 e. The summed E-state index contributed by atoms with van der Waals surface area (Å²) >= 11 is 0. The molecule has 5 nitrogen and oxygen atoms in total. The van der Waals surface area contributed by atoms with Gasteiger partial charge in [0.05, 0.1) is 0 Å². The van der Waals surface area contributed by atoms with E-state index in [0.717, 1.165) is 18.2 Å². The predicted molar refractivity (Wildman–Crippen MR) is 53.3 cm³/mol. The van der Waals surface area contributed by atoms with E-state index in [-0.39, 0.29) is 0 Å². The second-order valence-corrected chi connectivity index (χ2v) is 4.58. The average Bonchev–Trinajstić information content (AvgIpc) is 2.26. The molecule has 1 aromatic carbocycles. The normalized spacial score (nSPS) is 11.7. The molecule has 1 rings (SSSR count). The second kappa shape index (κ2) is 5.19. The molecule has 0 aromatic heterocycles. The second-order valence-electron chi connectivity index (χ2n) is 3.01. The first kappa shape index (κ1) is 14.2. The number of benzene rings is 1. The maximum absolute atomic E-state index is 12.0. The van der Waals surface area contributed by atoms with Crippen LogP contribution in [0.15, 0.2) is 33.6 Å². The van der Waals surface area contributed by atoms with Crippen LogP contribution in [0.25, 0.3) is 0 Å². The van der Waals surface area contributed by atoms with Crippen LogP contribution < -0.4 is 4.74 Å². The molecule has 0 saturated heterocycles. The molecule has 0 fully saturated rings. The molecule has 0 radical (unpaired) electrons. The van der Waals surface area contributed by atoms with Crippen molar-refractivity contribution in [3.63, 3.8) is 0 Å². The van der Waals surface area contributed by atoms with Crippen molar-refractivity contribution in [3.8, 4) is 5.75 Å². The summed E-state index contributed by atoms with van der Waals surface area (Å²) in [7, 11) is -4.40. The van der Waals surface area contributed by atoms with Crippen molar-refractivity contribution in [3.05, 3.63) is 24.3 Å². The Balaban J connectivity index is 3.12. The first-order chi connectivity index (χ1) is 8.26. The quantitative estimate of drug-likeness (QED) is 0.621. The molecule has 9 heteroatoms. The highest BCUT2D eigenvalue weighted by molar-refractivity contribution is 7.90. The van der Waals surface area contributed by atoms with Crippen LogP contribution in [0.1, 0.15) is 0 Å². The molecule has 0 aliphatic carbocycles. The monoisotopic (exact) mass is 281 g/mol. The Hall–Kier alpha value is -1.86. The number of hydrogen-bond acceptors (Lipinski definition) is 4. The number of rotatable bonds is 4. The maximum Gasteiger partial charge on any atom is 0.422 e. The van der Waals surface area contributed by atoms with Crippen LogP contribution in [0, 0.1) is 0 Å². The Labute approximate surface area is 100.0 Å². The molecule has 0 atom stereocenters. The van der Waals surface area contributed by atoms with Crippen molar-refractivity contribution in [2.75, 3.05) is 6.61 Å². The van der Waals surface area contributed by atoms with Gasteiger partial charge in [0.25, 0.3) is 16.1 Å². The highest BCUT2D eigenvalue weighted by Gasteiger charge is 2.29. The molecule has 0 unspecified atom stereocenters. The van der Waals surface area contributed by atoms with Gasteiger partial charge in [-0.1, -0.05) is 16.5 Å². The van der Waals surface area contributed by atoms with E-state index in [1.54, 1.807) is 0 Å². The van der Waals surface area contributed by atoms with E-state index in [0.29, 0.717) is 0 Å².